The molecule has 2 rings (SSSR count). The van der Waals surface area contributed by atoms with E-state index in [1.165, 1.54) is 0 Å². The highest BCUT2D eigenvalue weighted by atomic mass is 16.7. The molecule has 0 atom stereocenters. The molecule has 1 heterocycles. The number of aliphatic hydroxyl groups is 1. The van der Waals surface area contributed by atoms with Gasteiger partial charge in [0.1, 0.15) is 5.75 Å². The summed E-state index contributed by atoms with van der Waals surface area (Å²) < 4.78 is 10.5. The third-order valence-electron chi connectivity index (χ3n) is 3.28. The van der Waals surface area contributed by atoms with Gasteiger partial charge in [-0.3, -0.25) is 0 Å². The van der Waals surface area contributed by atoms with Crippen LogP contribution in [-0.4, -0.2) is 30.2 Å². The van der Waals surface area contributed by atoms with E-state index in [4.69, 9.17) is 14.6 Å². The van der Waals surface area contributed by atoms with Crippen LogP contribution < -0.4 is 14.8 Å². The van der Waals surface area contributed by atoms with Crippen molar-refractivity contribution in [2.75, 3.05) is 19.9 Å². The Hall–Kier alpha value is -1.46. The van der Waals surface area contributed by atoms with Gasteiger partial charge < -0.3 is 25.0 Å². The number of aromatic hydroxyl groups is 1. The van der Waals surface area contributed by atoms with Gasteiger partial charge in [-0.25, -0.2) is 0 Å². The minimum absolute atomic E-state index is 0.0285. The summed E-state index contributed by atoms with van der Waals surface area (Å²) in [5.74, 6) is 1.46. The molecule has 3 N–H and O–H groups in total. The van der Waals surface area contributed by atoms with Crippen LogP contribution in [0.5, 0.6) is 17.2 Å². The molecule has 0 bridgehead atoms. The minimum atomic E-state index is 0.0285. The third-order valence-corrected chi connectivity index (χ3v) is 3.28. The molecule has 0 radical (unpaired) electrons. The first-order valence-corrected chi connectivity index (χ1v) is 6.45. The zero-order chi connectivity index (χ0) is 13.9. The number of nitrogens with one attached hydrogen (secondary N) is 1. The van der Waals surface area contributed by atoms with Crippen molar-refractivity contribution in [1.82, 2.24) is 5.32 Å². The summed E-state index contributed by atoms with van der Waals surface area (Å²) in [6.45, 7) is 5.89. The highest BCUT2D eigenvalue weighted by molar-refractivity contribution is 5.51. The Balaban J connectivity index is 1.93. The maximum absolute atomic E-state index is 9.89. The van der Waals surface area contributed by atoms with Gasteiger partial charge in [0.2, 0.25) is 6.79 Å². The molecule has 0 spiro atoms. The van der Waals surface area contributed by atoms with Crippen molar-refractivity contribution in [2.24, 2.45) is 5.41 Å². The number of phenols is 1. The van der Waals surface area contributed by atoms with E-state index in [0.29, 0.717) is 18.0 Å². The van der Waals surface area contributed by atoms with Crippen molar-refractivity contribution < 1.29 is 19.7 Å². The van der Waals surface area contributed by atoms with Crippen LogP contribution in [0, 0.1) is 5.41 Å². The molecule has 1 aromatic carbocycles. The first-order valence-electron chi connectivity index (χ1n) is 6.45. The van der Waals surface area contributed by atoms with Gasteiger partial charge in [0.15, 0.2) is 11.5 Å². The highest BCUT2D eigenvalue weighted by Crippen LogP contribution is 2.37. The van der Waals surface area contributed by atoms with E-state index in [2.05, 4.69) is 19.2 Å². The Morgan fingerprint density at radius 3 is 2.63 bits per heavy atom. The fourth-order valence-corrected chi connectivity index (χ4v) is 2.04. The lowest BCUT2D eigenvalue weighted by Gasteiger charge is -2.24. The number of ether oxygens (including phenoxy) is 2. The lowest BCUT2D eigenvalue weighted by atomic mass is 9.90. The lowest BCUT2D eigenvalue weighted by Crippen LogP contribution is -2.29. The smallest absolute Gasteiger partial charge is 0.231 e. The highest BCUT2D eigenvalue weighted by Gasteiger charge is 2.19. The molecule has 1 aliphatic heterocycles. The molecule has 0 amide bonds. The van der Waals surface area contributed by atoms with Crippen molar-refractivity contribution >= 4 is 0 Å². The fourth-order valence-electron chi connectivity index (χ4n) is 2.04. The zero-order valence-electron chi connectivity index (χ0n) is 11.4. The molecule has 0 aromatic heterocycles. The maximum atomic E-state index is 9.89. The number of aliphatic hydroxyl groups excluding tert-OH is 1. The number of hydrogen-bond donors (Lipinski definition) is 3. The van der Waals surface area contributed by atoms with Gasteiger partial charge in [-0.2, -0.15) is 0 Å². The zero-order valence-corrected chi connectivity index (χ0v) is 11.4. The van der Waals surface area contributed by atoms with E-state index in [1.807, 2.05) is 0 Å². The fraction of sp³-hybridized carbons (Fsp3) is 0.571. The maximum Gasteiger partial charge on any atom is 0.231 e. The molecule has 0 aliphatic carbocycles. The van der Waals surface area contributed by atoms with Crippen molar-refractivity contribution in [3.63, 3.8) is 0 Å². The van der Waals surface area contributed by atoms with E-state index < -0.39 is 0 Å². The summed E-state index contributed by atoms with van der Waals surface area (Å²) in [5.41, 5.74) is 0.810. The van der Waals surface area contributed by atoms with Crippen molar-refractivity contribution in [1.29, 1.82) is 0 Å². The monoisotopic (exact) mass is 267 g/mol. The van der Waals surface area contributed by atoms with Gasteiger partial charge in [-0.15, -0.1) is 0 Å². The first kappa shape index (κ1) is 14.0. The Kier molecular flexibility index (Phi) is 4.17. The quantitative estimate of drug-likeness (QED) is 0.730. The predicted octanol–water partition coefficient (Wildman–Crippen LogP) is 1.62. The van der Waals surface area contributed by atoms with Gasteiger partial charge in [0.25, 0.3) is 0 Å². The van der Waals surface area contributed by atoms with Crippen LogP contribution in [0.3, 0.4) is 0 Å². The average Bonchev–Trinajstić information content (AvgIpc) is 2.76. The number of rotatable bonds is 6. The molecule has 5 nitrogen and oxygen atoms in total. The van der Waals surface area contributed by atoms with Gasteiger partial charge in [-0.05, 0) is 17.9 Å². The number of phenolic OH excluding ortho intramolecular Hbond substituents is 1. The first-order chi connectivity index (χ1) is 9.02. The van der Waals surface area contributed by atoms with Crippen LogP contribution in [0.15, 0.2) is 12.1 Å². The second-order valence-electron chi connectivity index (χ2n) is 5.58. The van der Waals surface area contributed by atoms with Crippen molar-refractivity contribution in [3.8, 4) is 17.2 Å². The van der Waals surface area contributed by atoms with Crippen LogP contribution >= 0.6 is 0 Å². The molecule has 0 saturated carbocycles. The molecule has 106 valence electrons. The van der Waals surface area contributed by atoms with Gasteiger partial charge in [0.05, 0.1) is 0 Å². The van der Waals surface area contributed by atoms with Gasteiger partial charge in [0, 0.05) is 31.3 Å². The van der Waals surface area contributed by atoms with E-state index in [9.17, 15) is 5.11 Å². The van der Waals surface area contributed by atoms with E-state index in [-0.39, 0.29) is 24.6 Å². The molecular formula is C14H21NO4. The summed E-state index contributed by atoms with van der Waals surface area (Å²) in [6, 6.07) is 3.38. The average molecular weight is 267 g/mol. The Morgan fingerprint density at radius 2 is 1.95 bits per heavy atom. The molecule has 0 unspecified atom stereocenters. The molecule has 5 heteroatoms. The Morgan fingerprint density at radius 1 is 1.26 bits per heavy atom. The Labute approximate surface area is 113 Å². The van der Waals surface area contributed by atoms with Crippen molar-refractivity contribution in [2.45, 2.75) is 26.8 Å². The van der Waals surface area contributed by atoms with Gasteiger partial charge in [-0.1, -0.05) is 13.8 Å². The molecule has 19 heavy (non-hydrogen) atoms. The van der Waals surface area contributed by atoms with Crippen LogP contribution in [0.4, 0.5) is 0 Å². The standard InChI is InChI=1S/C14H21NO4/c1-14(2,3-4-16)8-15-7-10-5-12-13(6-11(10)17)19-9-18-12/h5-6,15-17H,3-4,7-9H2,1-2H3. The second-order valence-corrected chi connectivity index (χ2v) is 5.58. The summed E-state index contributed by atoms with van der Waals surface area (Å²) in [6.07, 6.45) is 0.743. The van der Waals surface area contributed by atoms with Crippen LogP contribution in [0.2, 0.25) is 0 Å². The van der Waals surface area contributed by atoms with Crippen LogP contribution in [-0.2, 0) is 6.54 Å². The molecule has 1 aliphatic rings. The topological polar surface area (TPSA) is 71.0 Å². The summed E-state index contributed by atoms with van der Waals surface area (Å²) in [4.78, 5) is 0. The normalized spacial score (nSPS) is 13.8. The molecular weight excluding hydrogens is 246 g/mol. The molecule has 0 fully saturated rings. The number of fused-ring (bicyclic) bond motifs is 1. The number of benzene rings is 1. The summed E-state index contributed by atoms with van der Waals surface area (Å²) >= 11 is 0. The minimum Gasteiger partial charge on any atom is -0.507 e. The van der Waals surface area contributed by atoms with Crippen LogP contribution in [0.25, 0.3) is 0 Å². The van der Waals surface area contributed by atoms with E-state index in [1.54, 1.807) is 12.1 Å². The third kappa shape index (κ3) is 3.52. The summed E-state index contributed by atoms with van der Waals surface area (Å²) in [7, 11) is 0. The van der Waals surface area contributed by atoms with E-state index >= 15 is 0 Å². The number of hydrogen-bond acceptors (Lipinski definition) is 5. The Bertz CT molecular complexity index is 445. The SMILES string of the molecule is CC(C)(CCO)CNCc1cc2c(cc1O)OCO2. The lowest BCUT2D eigenvalue weighted by molar-refractivity contribution is 0.174. The predicted molar refractivity (Wildman–Crippen MR) is 71.4 cm³/mol. The van der Waals surface area contributed by atoms with Crippen LogP contribution in [0.1, 0.15) is 25.8 Å². The molecule has 0 saturated heterocycles. The second kappa shape index (κ2) is 5.67. The largest absolute Gasteiger partial charge is 0.507 e. The van der Waals surface area contributed by atoms with Gasteiger partial charge >= 0.3 is 0 Å². The summed E-state index contributed by atoms with van der Waals surface area (Å²) in [5, 5.41) is 22.2. The van der Waals surface area contributed by atoms with E-state index in [0.717, 1.165) is 18.5 Å². The molecule has 1 aromatic rings. The van der Waals surface area contributed by atoms with Crippen molar-refractivity contribution in [3.05, 3.63) is 17.7 Å².